The van der Waals surface area contributed by atoms with Crippen molar-refractivity contribution in [2.24, 2.45) is 0 Å². The van der Waals surface area contributed by atoms with E-state index in [1.165, 1.54) is 35.8 Å². The van der Waals surface area contributed by atoms with Crippen LogP contribution in [0.25, 0.3) is 0 Å². The zero-order valence-electron chi connectivity index (χ0n) is 19.3. The van der Waals surface area contributed by atoms with E-state index in [1.807, 2.05) is 0 Å². The third-order valence-electron chi connectivity index (χ3n) is 5.31. The summed E-state index contributed by atoms with van der Waals surface area (Å²) < 4.78 is 49.3. The number of hydrogen-bond acceptors (Lipinski definition) is 8. The number of hydrogen-bond donors (Lipinski definition) is 1. The fourth-order valence-electron chi connectivity index (χ4n) is 3.46. The SMILES string of the molecule is COc1ccc(Oc2ncccc2NC(=O)c2ccc(OC)c(S(=O)(=O)N3CCOCC3)c2)cc1. The molecule has 0 atom stereocenters. The van der Waals surface area contributed by atoms with Gasteiger partial charge in [-0.1, -0.05) is 0 Å². The second-order valence-corrected chi connectivity index (χ2v) is 9.38. The highest BCUT2D eigenvalue weighted by atomic mass is 32.2. The quantitative estimate of drug-likeness (QED) is 0.502. The molecule has 11 heteroatoms. The summed E-state index contributed by atoms with van der Waals surface area (Å²) in [5, 5.41) is 2.74. The number of ether oxygens (including phenoxy) is 4. The van der Waals surface area contributed by atoms with Crippen molar-refractivity contribution in [3.05, 3.63) is 66.4 Å². The predicted molar refractivity (Wildman–Crippen MR) is 128 cm³/mol. The van der Waals surface area contributed by atoms with Crippen LogP contribution in [0.1, 0.15) is 10.4 Å². The Morgan fingerprint density at radius 3 is 2.40 bits per heavy atom. The Hall–Kier alpha value is -3.67. The molecule has 3 aromatic rings. The van der Waals surface area contributed by atoms with Crippen LogP contribution in [0.2, 0.25) is 0 Å². The molecule has 0 unspecified atom stereocenters. The van der Waals surface area contributed by atoms with Gasteiger partial charge in [0.25, 0.3) is 5.91 Å². The first kappa shape index (κ1) is 24.5. The summed E-state index contributed by atoms with van der Waals surface area (Å²) in [7, 11) is -0.938. The van der Waals surface area contributed by atoms with Crippen molar-refractivity contribution in [2.45, 2.75) is 4.90 Å². The van der Waals surface area contributed by atoms with E-state index < -0.39 is 15.9 Å². The number of carbonyl (C=O) groups is 1. The minimum atomic E-state index is -3.89. The predicted octanol–water partition coefficient (Wildman–Crippen LogP) is 3.16. The maximum absolute atomic E-state index is 13.2. The molecule has 1 aliphatic rings. The summed E-state index contributed by atoms with van der Waals surface area (Å²) in [6.07, 6.45) is 1.54. The number of morpholine rings is 1. The third-order valence-corrected chi connectivity index (χ3v) is 7.23. The molecule has 10 nitrogen and oxygen atoms in total. The lowest BCUT2D eigenvalue weighted by atomic mass is 10.2. The van der Waals surface area contributed by atoms with Gasteiger partial charge in [0.15, 0.2) is 0 Å². The van der Waals surface area contributed by atoms with Gasteiger partial charge in [0, 0.05) is 24.8 Å². The average Bonchev–Trinajstić information content (AvgIpc) is 2.90. The van der Waals surface area contributed by atoms with Crippen molar-refractivity contribution in [1.82, 2.24) is 9.29 Å². The van der Waals surface area contributed by atoms with Gasteiger partial charge in [0.1, 0.15) is 27.8 Å². The Kier molecular flexibility index (Phi) is 7.49. The number of pyridine rings is 1. The molecule has 1 N–H and O–H groups in total. The number of nitrogens with zero attached hydrogens (tertiary/aromatic N) is 2. The number of amides is 1. The van der Waals surface area contributed by atoms with Crippen molar-refractivity contribution in [2.75, 3.05) is 45.8 Å². The number of rotatable bonds is 8. The van der Waals surface area contributed by atoms with E-state index in [9.17, 15) is 13.2 Å². The van der Waals surface area contributed by atoms with Gasteiger partial charge in [-0.3, -0.25) is 4.79 Å². The van der Waals surface area contributed by atoms with Gasteiger partial charge < -0.3 is 24.3 Å². The normalized spacial score (nSPS) is 14.2. The van der Waals surface area contributed by atoms with E-state index in [4.69, 9.17) is 18.9 Å². The number of sulfonamides is 1. The molecule has 1 saturated heterocycles. The standard InChI is InChI=1S/C24H25N3O7S/c1-31-18-6-8-19(9-7-18)34-24-20(4-3-11-25-24)26-23(28)17-5-10-21(32-2)22(16-17)35(29,30)27-12-14-33-15-13-27/h3-11,16H,12-15H2,1-2H3,(H,26,28). The number of carbonyl (C=O) groups excluding carboxylic acids is 1. The summed E-state index contributed by atoms with van der Waals surface area (Å²) in [6.45, 7) is 1.06. The highest BCUT2D eigenvalue weighted by Gasteiger charge is 2.30. The topological polar surface area (TPSA) is 116 Å². The van der Waals surface area contributed by atoms with Crippen LogP contribution in [0, 0.1) is 0 Å². The molecule has 0 aliphatic carbocycles. The Balaban J connectivity index is 1.58. The minimum Gasteiger partial charge on any atom is -0.497 e. The first-order valence-electron chi connectivity index (χ1n) is 10.8. The second kappa shape index (κ2) is 10.7. The highest BCUT2D eigenvalue weighted by Crippen LogP contribution is 2.31. The number of methoxy groups -OCH3 is 2. The van der Waals surface area contributed by atoms with E-state index in [1.54, 1.807) is 43.5 Å². The Labute approximate surface area is 203 Å². The molecule has 0 spiro atoms. The summed E-state index contributed by atoms with van der Waals surface area (Å²) in [4.78, 5) is 17.2. The van der Waals surface area contributed by atoms with Gasteiger partial charge in [-0.2, -0.15) is 4.31 Å². The molecule has 0 bridgehead atoms. The molecule has 35 heavy (non-hydrogen) atoms. The monoisotopic (exact) mass is 499 g/mol. The largest absolute Gasteiger partial charge is 0.497 e. The zero-order chi connectivity index (χ0) is 24.8. The summed E-state index contributed by atoms with van der Waals surface area (Å²) in [5.41, 5.74) is 0.457. The molecule has 0 saturated carbocycles. The molecule has 1 fully saturated rings. The van der Waals surface area contributed by atoms with Gasteiger partial charge in [0.2, 0.25) is 15.9 Å². The van der Waals surface area contributed by atoms with Crippen LogP contribution in [-0.2, 0) is 14.8 Å². The highest BCUT2D eigenvalue weighted by molar-refractivity contribution is 7.89. The maximum Gasteiger partial charge on any atom is 0.255 e. The Bertz CT molecular complexity index is 1290. The summed E-state index contributed by atoms with van der Waals surface area (Å²) in [5.74, 6) is 0.981. The smallest absolute Gasteiger partial charge is 0.255 e. The Morgan fingerprint density at radius 1 is 1.00 bits per heavy atom. The lowest BCUT2D eigenvalue weighted by molar-refractivity contribution is 0.0729. The van der Waals surface area contributed by atoms with Crippen LogP contribution in [0.3, 0.4) is 0 Å². The van der Waals surface area contributed by atoms with E-state index in [0.29, 0.717) is 30.4 Å². The summed E-state index contributed by atoms with van der Waals surface area (Å²) >= 11 is 0. The van der Waals surface area contributed by atoms with Crippen molar-refractivity contribution in [3.63, 3.8) is 0 Å². The van der Waals surface area contributed by atoms with Gasteiger partial charge in [-0.05, 0) is 54.6 Å². The lowest BCUT2D eigenvalue weighted by Crippen LogP contribution is -2.40. The average molecular weight is 500 g/mol. The maximum atomic E-state index is 13.2. The molecule has 4 rings (SSSR count). The van der Waals surface area contributed by atoms with Gasteiger partial charge in [-0.25, -0.2) is 13.4 Å². The van der Waals surface area contributed by atoms with Crippen molar-refractivity contribution < 1.29 is 32.2 Å². The fourth-order valence-corrected chi connectivity index (χ4v) is 5.05. The molecular weight excluding hydrogens is 474 g/mol. The summed E-state index contributed by atoms with van der Waals surface area (Å²) in [6, 6.07) is 14.5. The number of nitrogens with one attached hydrogen (secondary N) is 1. The van der Waals surface area contributed by atoms with Crippen molar-refractivity contribution in [3.8, 4) is 23.1 Å². The van der Waals surface area contributed by atoms with Crippen molar-refractivity contribution >= 4 is 21.6 Å². The van der Waals surface area contributed by atoms with E-state index in [2.05, 4.69) is 10.3 Å². The van der Waals surface area contributed by atoms with Gasteiger partial charge in [0.05, 0.1) is 27.4 Å². The minimum absolute atomic E-state index is 0.0876. The van der Waals surface area contributed by atoms with E-state index >= 15 is 0 Å². The molecule has 1 aliphatic heterocycles. The zero-order valence-corrected chi connectivity index (χ0v) is 20.1. The van der Waals surface area contributed by atoms with Crippen LogP contribution >= 0.6 is 0 Å². The van der Waals surface area contributed by atoms with Crippen LogP contribution in [0.5, 0.6) is 23.1 Å². The van der Waals surface area contributed by atoms with Crippen molar-refractivity contribution in [1.29, 1.82) is 0 Å². The molecule has 1 aromatic heterocycles. The van der Waals surface area contributed by atoms with Crippen LogP contribution < -0.4 is 19.5 Å². The second-order valence-electron chi connectivity index (χ2n) is 7.47. The first-order valence-corrected chi connectivity index (χ1v) is 12.2. The molecule has 0 radical (unpaired) electrons. The van der Waals surface area contributed by atoms with Gasteiger partial charge >= 0.3 is 0 Å². The number of benzene rings is 2. The van der Waals surface area contributed by atoms with Crippen LogP contribution in [-0.4, -0.2) is 64.1 Å². The molecular formula is C24H25N3O7S. The molecule has 2 aromatic carbocycles. The number of aromatic nitrogens is 1. The molecule has 1 amide bonds. The van der Waals surface area contributed by atoms with E-state index in [-0.39, 0.29) is 35.2 Å². The molecule has 184 valence electrons. The third kappa shape index (κ3) is 5.53. The van der Waals surface area contributed by atoms with E-state index in [0.717, 1.165) is 0 Å². The Morgan fingerprint density at radius 2 is 1.71 bits per heavy atom. The van der Waals surface area contributed by atoms with Crippen LogP contribution in [0.4, 0.5) is 5.69 Å². The first-order chi connectivity index (χ1) is 16.9. The lowest BCUT2D eigenvalue weighted by Gasteiger charge is -2.26. The number of anilines is 1. The fraction of sp³-hybridized carbons (Fsp3) is 0.250. The van der Waals surface area contributed by atoms with Gasteiger partial charge in [-0.15, -0.1) is 0 Å². The van der Waals surface area contributed by atoms with Crippen LogP contribution in [0.15, 0.2) is 65.7 Å². The molecule has 2 heterocycles.